The maximum atomic E-state index is 10.7. The van der Waals surface area contributed by atoms with E-state index in [9.17, 15) is 4.79 Å². The first kappa shape index (κ1) is 6.97. The molecule has 0 aliphatic carbocycles. The first-order valence-corrected chi connectivity index (χ1v) is 3.57. The zero-order valence-corrected chi connectivity index (χ0v) is 6.32. The van der Waals surface area contributed by atoms with E-state index < -0.39 is 5.91 Å². The molecule has 0 atom stereocenters. The molecule has 4 heteroatoms. The van der Waals surface area contributed by atoms with Crippen LogP contribution in [0.4, 0.5) is 5.69 Å². The standard InChI is InChI=1S/C8H7N3O/c9-8(12)6-3-5-1-2-10-4-7(5)11-6/h1-2,4H,3H2,(H2,9,12). The Bertz CT molecular complexity index is 370. The Morgan fingerprint density at radius 2 is 2.42 bits per heavy atom. The monoisotopic (exact) mass is 161 g/mol. The van der Waals surface area contributed by atoms with E-state index in [0.717, 1.165) is 11.3 Å². The van der Waals surface area contributed by atoms with Crippen LogP contribution < -0.4 is 5.73 Å². The van der Waals surface area contributed by atoms with Crippen molar-refractivity contribution in [2.75, 3.05) is 0 Å². The predicted molar refractivity (Wildman–Crippen MR) is 44.2 cm³/mol. The number of primary amides is 1. The van der Waals surface area contributed by atoms with Gasteiger partial charge >= 0.3 is 0 Å². The number of nitrogens with zero attached hydrogens (tertiary/aromatic N) is 2. The number of nitrogens with two attached hydrogens (primary N) is 1. The Morgan fingerprint density at radius 1 is 1.58 bits per heavy atom. The molecular formula is C8H7N3O. The highest BCUT2D eigenvalue weighted by atomic mass is 16.1. The van der Waals surface area contributed by atoms with Crippen LogP contribution in [0.25, 0.3) is 0 Å². The summed E-state index contributed by atoms with van der Waals surface area (Å²) in [6.07, 6.45) is 3.84. The number of pyridine rings is 1. The van der Waals surface area contributed by atoms with E-state index in [1.54, 1.807) is 12.4 Å². The number of fused-ring (bicyclic) bond motifs is 1. The van der Waals surface area contributed by atoms with Crippen molar-refractivity contribution in [3.8, 4) is 0 Å². The van der Waals surface area contributed by atoms with Crippen molar-refractivity contribution in [3.63, 3.8) is 0 Å². The summed E-state index contributed by atoms with van der Waals surface area (Å²) in [5.74, 6) is -0.453. The second kappa shape index (κ2) is 2.41. The number of rotatable bonds is 1. The van der Waals surface area contributed by atoms with Crippen LogP contribution in [0, 0.1) is 0 Å². The van der Waals surface area contributed by atoms with Gasteiger partial charge in [-0.25, -0.2) is 4.99 Å². The Hall–Kier alpha value is -1.71. The molecule has 12 heavy (non-hydrogen) atoms. The van der Waals surface area contributed by atoms with Gasteiger partial charge in [0.25, 0.3) is 5.91 Å². The number of aromatic nitrogens is 1. The van der Waals surface area contributed by atoms with Crippen molar-refractivity contribution in [2.45, 2.75) is 6.42 Å². The van der Waals surface area contributed by atoms with Gasteiger partial charge in [-0.05, 0) is 11.6 Å². The van der Waals surface area contributed by atoms with Crippen LogP contribution in [0.15, 0.2) is 23.5 Å². The van der Waals surface area contributed by atoms with Crippen LogP contribution in [0.1, 0.15) is 5.56 Å². The van der Waals surface area contributed by atoms with Crippen LogP contribution in [0.2, 0.25) is 0 Å². The molecule has 4 nitrogen and oxygen atoms in total. The largest absolute Gasteiger partial charge is 0.365 e. The van der Waals surface area contributed by atoms with E-state index in [4.69, 9.17) is 5.73 Å². The maximum absolute atomic E-state index is 10.7. The van der Waals surface area contributed by atoms with E-state index in [1.807, 2.05) is 6.07 Å². The number of hydrogen-bond donors (Lipinski definition) is 1. The van der Waals surface area contributed by atoms with Crippen LogP contribution in [-0.4, -0.2) is 16.6 Å². The van der Waals surface area contributed by atoms with Crippen molar-refractivity contribution in [3.05, 3.63) is 24.0 Å². The lowest BCUT2D eigenvalue weighted by Crippen LogP contribution is -2.22. The maximum Gasteiger partial charge on any atom is 0.263 e. The summed E-state index contributed by atoms with van der Waals surface area (Å²) in [4.78, 5) is 18.7. The van der Waals surface area contributed by atoms with E-state index in [2.05, 4.69) is 9.98 Å². The molecule has 1 aromatic heterocycles. The van der Waals surface area contributed by atoms with Crippen molar-refractivity contribution in [1.29, 1.82) is 0 Å². The Morgan fingerprint density at radius 3 is 3.08 bits per heavy atom. The molecule has 0 radical (unpaired) electrons. The van der Waals surface area contributed by atoms with E-state index >= 15 is 0 Å². The summed E-state index contributed by atoms with van der Waals surface area (Å²) >= 11 is 0. The number of amides is 1. The number of carbonyl (C=O) groups excluding carboxylic acids is 1. The van der Waals surface area contributed by atoms with Gasteiger partial charge in [0.05, 0.1) is 11.9 Å². The van der Waals surface area contributed by atoms with Gasteiger partial charge in [0.2, 0.25) is 0 Å². The number of aliphatic imine (C=N–C) groups is 1. The second-order valence-electron chi connectivity index (χ2n) is 2.60. The van der Waals surface area contributed by atoms with Gasteiger partial charge in [0, 0.05) is 12.6 Å². The van der Waals surface area contributed by atoms with Crippen LogP contribution in [-0.2, 0) is 11.2 Å². The Balaban J connectivity index is 2.41. The minimum Gasteiger partial charge on any atom is -0.365 e. The summed E-state index contributed by atoms with van der Waals surface area (Å²) < 4.78 is 0. The molecule has 60 valence electrons. The molecule has 1 aliphatic heterocycles. The molecule has 0 saturated carbocycles. The number of carbonyl (C=O) groups is 1. The van der Waals surface area contributed by atoms with Crippen molar-refractivity contribution >= 4 is 17.3 Å². The average molecular weight is 161 g/mol. The lowest BCUT2D eigenvalue weighted by Gasteiger charge is -1.91. The first-order valence-electron chi connectivity index (χ1n) is 3.57. The highest BCUT2D eigenvalue weighted by Gasteiger charge is 2.17. The number of hydrogen-bond acceptors (Lipinski definition) is 3. The molecule has 0 saturated heterocycles. The van der Waals surface area contributed by atoms with Crippen LogP contribution in [0.5, 0.6) is 0 Å². The molecule has 1 amide bonds. The van der Waals surface area contributed by atoms with Gasteiger partial charge in [-0.1, -0.05) is 0 Å². The molecule has 1 aromatic rings. The Labute approximate surface area is 69.1 Å². The molecule has 0 spiro atoms. The van der Waals surface area contributed by atoms with Crippen molar-refractivity contribution < 1.29 is 4.79 Å². The Kier molecular flexibility index (Phi) is 1.40. The minimum atomic E-state index is -0.453. The summed E-state index contributed by atoms with van der Waals surface area (Å²) in [5.41, 5.74) is 7.27. The van der Waals surface area contributed by atoms with Gasteiger partial charge < -0.3 is 5.73 Å². The summed E-state index contributed by atoms with van der Waals surface area (Å²) in [6, 6.07) is 1.84. The predicted octanol–water partition coefficient (Wildman–Crippen LogP) is 0.196. The molecule has 0 aromatic carbocycles. The molecule has 0 bridgehead atoms. The fraction of sp³-hybridized carbons (Fsp3) is 0.125. The first-order chi connectivity index (χ1) is 5.77. The van der Waals surface area contributed by atoms with Gasteiger partial charge in [-0.3, -0.25) is 9.78 Å². The molecule has 2 heterocycles. The molecule has 1 aliphatic rings. The fourth-order valence-corrected chi connectivity index (χ4v) is 1.17. The van der Waals surface area contributed by atoms with E-state index in [1.165, 1.54) is 0 Å². The highest BCUT2D eigenvalue weighted by Crippen LogP contribution is 2.24. The SMILES string of the molecule is NC(=O)C1=Nc2cnccc2C1. The smallest absolute Gasteiger partial charge is 0.263 e. The average Bonchev–Trinajstić information content (AvgIpc) is 2.46. The highest BCUT2D eigenvalue weighted by molar-refractivity contribution is 6.40. The van der Waals surface area contributed by atoms with Gasteiger partial charge in [0.15, 0.2) is 0 Å². The second-order valence-corrected chi connectivity index (χ2v) is 2.60. The third-order valence-electron chi connectivity index (χ3n) is 1.79. The molecule has 0 fully saturated rings. The summed E-state index contributed by atoms with van der Waals surface area (Å²) in [6.45, 7) is 0. The molecule has 2 rings (SSSR count). The minimum absolute atomic E-state index is 0.415. The third-order valence-corrected chi connectivity index (χ3v) is 1.79. The normalized spacial score (nSPS) is 13.8. The zero-order valence-electron chi connectivity index (χ0n) is 6.32. The van der Waals surface area contributed by atoms with Crippen LogP contribution in [0.3, 0.4) is 0 Å². The topological polar surface area (TPSA) is 68.3 Å². The third kappa shape index (κ3) is 0.972. The van der Waals surface area contributed by atoms with Gasteiger partial charge in [0.1, 0.15) is 5.71 Å². The molecular weight excluding hydrogens is 154 g/mol. The van der Waals surface area contributed by atoms with E-state index in [-0.39, 0.29) is 0 Å². The lowest BCUT2D eigenvalue weighted by molar-refractivity contribution is -0.112. The van der Waals surface area contributed by atoms with Crippen LogP contribution >= 0.6 is 0 Å². The van der Waals surface area contributed by atoms with Crippen molar-refractivity contribution in [2.24, 2.45) is 10.7 Å². The van der Waals surface area contributed by atoms with Gasteiger partial charge in [-0.2, -0.15) is 0 Å². The zero-order chi connectivity index (χ0) is 8.55. The summed E-state index contributed by atoms with van der Waals surface area (Å²) in [7, 11) is 0. The molecule has 2 N–H and O–H groups in total. The van der Waals surface area contributed by atoms with Crippen molar-refractivity contribution in [1.82, 2.24) is 4.98 Å². The van der Waals surface area contributed by atoms with E-state index in [0.29, 0.717) is 12.1 Å². The molecule has 0 unspecified atom stereocenters. The lowest BCUT2D eigenvalue weighted by atomic mass is 10.1. The summed E-state index contributed by atoms with van der Waals surface area (Å²) in [5, 5.41) is 0. The fourth-order valence-electron chi connectivity index (χ4n) is 1.17. The van der Waals surface area contributed by atoms with Gasteiger partial charge in [-0.15, -0.1) is 0 Å². The quantitative estimate of drug-likeness (QED) is 0.639.